The molecule has 11 heavy (non-hydrogen) atoms. The highest BCUT2D eigenvalue weighted by Gasteiger charge is 2.08. The van der Waals surface area contributed by atoms with Crippen LogP contribution in [0.25, 0.3) is 0 Å². The fourth-order valence-electron chi connectivity index (χ4n) is 0.582. The zero-order valence-electron chi connectivity index (χ0n) is 5.35. The third-order valence-corrected chi connectivity index (χ3v) is 1.83. The average molecular weight is 173 g/mol. The Bertz CT molecular complexity index is 355. The Morgan fingerprint density at radius 2 is 2.09 bits per heavy atom. The fraction of sp³-hybridized carbons (Fsp3) is 0. The third-order valence-electron chi connectivity index (χ3n) is 1.04. The topological polar surface area (TPSA) is 74.6 Å². The number of benzene rings is 1. The molecule has 59 valence electrons. The first-order valence-electron chi connectivity index (χ1n) is 2.68. The normalized spacial score (nSPS) is 11.4. The van der Waals surface area contributed by atoms with Crippen LogP contribution in [0, 0.1) is 6.07 Å². The van der Waals surface area contributed by atoms with Crippen LogP contribution in [0.3, 0.4) is 0 Å². The van der Waals surface area contributed by atoms with Crippen LogP contribution < -0.4 is 0 Å². The quantitative estimate of drug-likeness (QED) is 0.604. The summed E-state index contributed by atoms with van der Waals surface area (Å²) in [6, 6.07) is 5.63. The van der Waals surface area contributed by atoms with Crippen LogP contribution in [-0.2, 0) is 10.1 Å². The lowest BCUT2D eigenvalue weighted by Gasteiger charge is -1.94. The van der Waals surface area contributed by atoms with E-state index in [0.717, 1.165) is 6.07 Å². The van der Waals surface area contributed by atoms with Crippen LogP contribution in [0.2, 0.25) is 0 Å². The predicted molar refractivity (Wildman–Crippen MR) is 36.8 cm³/mol. The van der Waals surface area contributed by atoms with Crippen LogP contribution in [0.15, 0.2) is 23.1 Å². The van der Waals surface area contributed by atoms with E-state index < -0.39 is 15.0 Å². The van der Waals surface area contributed by atoms with E-state index in [4.69, 9.17) is 9.66 Å². The van der Waals surface area contributed by atoms with Crippen molar-refractivity contribution >= 4 is 10.1 Å². The molecular weight excluding hydrogens is 168 g/mol. The van der Waals surface area contributed by atoms with Gasteiger partial charge in [0.05, 0.1) is 0 Å². The smallest absolute Gasteiger partial charge is 0.295 e. The van der Waals surface area contributed by atoms with Gasteiger partial charge in [0, 0.05) is 12.1 Å². The molecule has 4 nitrogen and oxygen atoms in total. The molecule has 0 atom stereocenters. The van der Waals surface area contributed by atoms with Gasteiger partial charge >= 0.3 is 0 Å². The van der Waals surface area contributed by atoms with Gasteiger partial charge in [0.15, 0.2) is 0 Å². The summed E-state index contributed by atoms with van der Waals surface area (Å²) < 4.78 is 29.2. The molecule has 0 aromatic heterocycles. The molecule has 0 aliphatic rings. The minimum absolute atomic E-state index is 0.226. The van der Waals surface area contributed by atoms with Gasteiger partial charge in [-0.3, -0.25) is 4.55 Å². The highest BCUT2D eigenvalue weighted by Crippen LogP contribution is 2.14. The molecule has 0 aliphatic heterocycles. The number of phenolic OH excluding ortho intramolecular Hbond substituents is 1. The second kappa shape index (κ2) is 2.52. The van der Waals surface area contributed by atoms with Crippen molar-refractivity contribution in [1.82, 2.24) is 0 Å². The summed E-state index contributed by atoms with van der Waals surface area (Å²) in [5.74, 6) is -0.226. The summed E-state index contributed by atoms with van der Waals surface area (Å²) in [7, 11) is -4.24. The molecular formula is C6H5O4S. The Morgan fingerprint density at radius 3 is 2.45 bits per heavy atom. The van der Waals surface area contributed by atoms with Crippen molar-refractivity contribution in [2.75, 3.05) is 0 Å². The monoisotopic (exact) mass is 173 g/mol. The van der Waals surface area contributed by atoms with Crippen LogP contribution in [-0.4, -0.2) is 18.1 Å². The van der Waals surface area contributed by atoms with Crippen LogP contribution >= 0.6 is 0 Å². The van der Waals surface area contributed by atoms with Gasteiger partial charge in [-0.25, -0.2) is 0 Å². The summed E-state index contributed by atoms with van der Waals surface area (Å²) in [6.45, 7) is 0. The molecule has 0 fully saturated rings. The van der Waals surface area contributed by atoms with Gasteiger partial charge in [-0.15, -0.1) is 0 Å². The van der Waals surface area contributed by atoms with E-state index in [0.29, 0.717) is 0 Å². The number of aromatic hydroxyl groups is 1. The highest BCUT2D eigenvalue weighted by atomic mass is 32.2. The standard InChI is InChI=1S/C6H5O4S/c7-5-2-1-3-6(4-5)11(8,9)10/h1-2,4,7H,(H,8,9,10). The second-order valence-corrected chi connectivity index (χ2v) is 3.28. The molecule has 2 N–H and O–H groups in total. The summed E-state index contributed by atoms with van der Waals surface area (Å²) in [6.07, 6.45) is 0. The van der Waals surface area contributed by atoms with E-state index in [1.807, 2.05) is 0 Å². The summed E-state index contributed by atoms with van der Waals surface area (Å²) in [5, 5.41) is 8.78. The maximum atomic E-state index is 10.4. The summed E-state index contributed by atoms with van der Waals surface area (Å²) >= 11 is 0. The average Bonchev–Trinajstić information content (AvgIpc) is 1.86. The largest absolute Gasteiger partial charge is 0.508 e. The van der Waals surface area contributed by atoms with Gasteiger partial charge in [-0.05, 0) is 12.1 Å². The van der Waals surface area contributed by atoms with Crippen molar-refractivity contribution in [1.29, 1.82) is 0 Å². The summed E-state index contributed by atoms with van der Waals surface area (Å²) in [5.41, 5.74) is 0. The zero-order chi connectivity index (χ0) is 8.48. The van der Waals surface area contributed by atoms with E-state index in [1.165, 1.54) is 12.1 Å². The molecule has 1 aromatic carbocycles. The molecule has 1 rings (SSSR count). The Morgan fingerprint density at radius 1 is 1.45 bits per heavy atom. The fourth-order valence-corrected chi connectivity index (χ4v) is 1.07. The number of rotatable bonds is 1. The maximum Gasteiger partial charge on any atom is 0.295 e. The number of hydrogen-bond acceptors (Lipinski definition) is 3. The molecule has 5 heteroatoms. The van der Waals surface area contributed by atoms with Crippen molar-refractivity contribution in [2.24, 2.45) is 0 Å². The first-order chi connectivity index (χ1) is 5.00. The van der Waals surface area contributed by atoms with Gasteiger partial charge in [0.25, 0.3) is 10.1 Å². The molecule has 0 amide bonds. The van der Waals surface area contributed by atoms with Crippen LogP contribution in [0.5, 0.6) is 5.75 Å². The molecule has 0 aliphatic carbocycles. The molecule has 1 aromatic rings. The lowest BCUT2D eigenvalue weighted by molar-refractivity contribution is 0.466. The lowest BCUT2D eigenvalue weighted by atomic mass is 10.3. The van der Waals surface area contributed by atoms with Crippen molar-refractivity contribution in [2.45, 2.75) is 4.90 Å². The Kier molecular flexibility index (Phi) is 1.84. The van der Waals surface area contributed by atoms with E-state index >= 15 is 0 Å². The third kappa shape index (κ3) is 1.92. The van der Waals surface area contributed by atoms with E-state index in [1.54, 1.807) is 0 Å². The number of hydrogen-bond donors (Lipinski definition) is 2. The van der Waals surface area contributed by atoms with Gasteiger partial charge in [0.1, 0.15) is 10.6 Å². The minimum atomic E-state index is -4.24. The molecule has 0 saturated carbocycles. The van der Waals surface area contributed by atoms with Gasteiger partial charge in [0.2, 0.25) is 0 Å². The van der Waals surface area contributed by atoms with Crippen molar-refractivity contribution in [3.8, 4) is 5.75 Å². The molecule has 0 bridgehead atoms. The van der Waals surface area contributed by atoms with E-state index in [-0.39, 0.29) is 5.75 Å². The van der Waals surface area contributed by atoms with Crippen LogP contribution in [0.1, 0.15) is 0 Å². The predicted octanol–water partition coefficient (Wildman–Crippen LogP) is 0.439. The zero-order valence-corrected chi connectivity index (χ0v) is 6.17. The SMILES string of the molecule is O=S(=O)(O)c1[c]ccc(O)c1. The Hall–Kier alpha value is -1.07. The van der Waals surface area contributed by atoms with E-state index in [9.17, 15) is 8.42 Å². The van der Waals surface area contributed by atoms with Crippen molar-refractivity contribution in [3.63, 3.8) is 0 Å². The van der Waals surface area contributed by atoms with Crippen molar-refractivity contribution in [3.05, 3.63) is 24.3 Å². The number of phenols is 1. The first kappa shape index (κ1) is 8.03. The van der Waals surface area contributed by atoms with Gasteiger partial charge in [-0.2, -0.15) is 8.42 Å². The highest BCUT2D eigenvalue weighted by molar-refractivity contribution is 7.85. The first-order valence-corrected chi connectivity index (χ1v) is 4.12. The van der Waals surface area contributed by atoms with Gasteiger partial charge in [-0.1, -0.05) is 0 Å². The second-order valence-electron chi connectivity index (χ2n) is 1.89. The molecule has 0 saturated heterocycles. The lowest BCUT2D eigenvalue weighted by Crippen LogP contribution is -1.96. The minimum Gasteiger partial charge on any atom is -0.508 e. The maximum absolute atomic E-state index is 10.4. The van der Waals surface area contributed by atoms with Crippen molar-refractivity contribution < 1.29 is 18.1 Å². The van der Waals surface area contributed by atoms with Gasteiger partial charge < -0.3 is 5.11 Å². The van der Waals surface area contributed by atoms with Crippen LogP contribution in [0.4, 0.5) is 0 Å². The summed E-state index contributed by atoms with van der Waals surface area (Å²) in [4.78, 5) is -0.433. The molecule has 0 heterocycles. The Labute approximate surface area is 63.9 Å². The molecule has 1 radical (unpaired) electrons. The molecule has 0 spiro atoms. The Balaban J connectivity index is 3.28. The van der Waals surface area contributed by atoms with E-state index in [2.05, 4.69) is 6.07 Å². The molecule has 0 unspecified atom stereocenters.